The highest BCUT2D eigenvalue weighted by Gasteiger charge is 2.29. The number of aromatic amines is 1. The van der Waals surface area contributed by atoms with Gasteiger partial charge in [0.25, 0.3) is 0 Å². The summed E-state index contributed by atoms with van der Waals surface area (Å²) >= 11 is 0. The molecule has 2 aromatic heterocycles. The monoisotopic (exact) mass is 324 g/mol. The van der Waals surface area contributed by atoms with E-state index in [9.17, 15) is 0 Å². The fraction of sp³-hybridized carbons (Fsp3) is 0.278. The van der Waals surface area contributed by atoms with Crippen molar-refractivity contribution >= 4 is 22.7 Å². The molecule has 0 amide bonds. The van der Waals surface area contributed by atoms with E-state index in [2.05, 4.69) is 27.4 Å². The summed E-state index contributed by atoms with van der Waals surface area (Å²) in [4.78, 5) is 7.26. The average Bonchev–Trinajstić information content (AvgIpc) is 3.24. The number of anilines is 1. The lowest BCUT2D eigenvalue weighted by Gasteiger charge is -2.17. The van der Waals surface area contributed by atoms with Gasteiger partial charge >= 0.3 is 0 Å². The molecule has 1 aliphatic rings. The van der Waals surface area contributed by atoms with E-state index in [1.54, 1.807) is 10.8 Å². The first-order valence-corrected chi connectivity index (χ1v) is 8.22. The van der Waals surface area contributed by atoms with Gasteiger partial charge in [0.05, 0.1) is 11.7 Å². The van der Waals surface area contributed by atoms with E-state index in [0.717, 1.165) is 30.5 Å². The summed E-state index contributed by atoms with van der Waals surface area (Å²) in [6.07, 6.45) is 6.22. The first-order chi connectivity index (χ1) is 11.7. The Kier molecular flexibility index (Phi) is 3.65. The Labute approximate surface area is 142 Å². The third-order valence-corrected chi connectivity index (χ3v) is 4.71. The maximum absolute atomic E-state index is 8.63. The Morgan fingerprint density at radius 2 is 2.08 bits per heavy atom. The van der Waals surface area contributed by atoms with Crippen molar-refractivity contribution in [3.8, 4) is 0 Å². The van der Waals surface area contributed by atoms with Crippen LogP contribution in [0.5, 0.6) is 0 Å². The van der Waals surface area contributed by atoms with Crippen LogP contribution < -0.4 is 10.8 Å². The van der Waals surface area contributed by atoms with Gasteiger partial charge in [-0.2, -0.15) is 0 Å². The van der Waals surface area contributed by atoms with Crippen LogP contribution >= 0.6 is 0 Å². The minimum atomic E-state index is 0. The highest BCUT2D eigenvalue weighted by atomic mass is 15.1. The number of rotatable bonds is 3. The number of H-pyrrole nitrogens is 1. The van der Waals surface area contributed by atoms with E-state index < -0.39 is 0 Å². The SMILES string of the molecule is N=C([C@@H]1CC[C@@H](Nc2ccccc2)C1)n1c(=N)cnc2[nH]ccc21.[HH].[HH]. The number of nitrogens with zero attached hydrogens (tertiary/aromatic N) is 2. The quantitative estimate of drug-likeness (QED) is 0.439. The molecule has 1 aliphatic carbocycles. The molecule has 0 aliphatic heterocycles. The predicted octanol–water partition coefficient (Wildman–Crippen LogP) is 3.44. The zero-order valence-electron chi connectivity index (χ0n) is 13.3. The Morgan fingerprint density at radius 1 is 1.25 bits per heavy atom. The maximum Gasteiger partial charge on any atom is 0.154 e. The van der Waals surface area contributed by atoms with Crippen LogP contribution in [0.1, 0.15) is 22.1 Å². The van der Waals surface area contributed by atoms with Gasteiger partial charge in [-0.25, -0.2) is 4.98 Å². The molecule has 0 unspecified atom stereocenters. The molecule has 2 heterocycles. The molecule has 6 heteroatoms. The number of nitrogens with one attached hydrogen (secondary N) is 4. The summed E-state index contributed by atoms with van der Waals surface area (Å²) in [6.45, 7) is 0. The molecule has 1 saturated carbocycles. The predicted molar refractivity (Wildman–Crippen MR) is 98.5 cm³/mol. The van der Waals surface area contributed by atoms with Gasteiger partial charge in [-0.05, 0) is 37.5 Å². The van der Waals surface area contributed by atoms with Crippen molar-refractivity contribution in [2.24, 2.45) is 5.92 Å². The lowest BCUT2D eigenvalue weighted by Crippen LogP contribution is -2.31. The molecule has 1 aromatic carbocycles. The highest BCUT2D eigenvalue weighted by molar-refractivity contribution is 5.91. The van der Waals surface area contributed by atoms with Crippen LogP contribution in [0, 0.1) is 16.7 Å². The molecular formula is C18H24N6. The molecule has 6 nitrogen and oxygen atoms in total. The van der Waals surface area contributed by atoms with Crippen LogP contribution in [-0.2, 0) is 0 Å². The number of hydrogen-bond donors (Lipinski definition) is 4. The highest BCUT2D eigenvalue weighted by Crippen LogP contribution is 2.29. The summed E-state index contributed by atoms with van der Waals surface area (Å²) in [7, 11) is 0. The Hall–Kier alpha value is -2.89. The smallest absolute Gasteiger partial charge is 0.154 e. The lowest BCUT2D eigenvalue weighted by atomic mass is 10.1. The topological polar surface area (TPSA) is 93.3 Å². The lowest BCUT2D eigenvalue weighted by molar-refractivity contribution is 0.678. The van der Waals surface area contributed by atoms with Crippen molar-refractivity contribution in [3.05, 3.63) is 54.3 Å². The Bertz CT molecular complexity index is 934. The van der Waals surface area contributed by atoms with E-state index in [4.69, 9.17) is 10.8 Å². The normalized spacial score (nSPS) is 20.3. The van der Waals surface area contributed by atoms with E-state index in [0.29, 0.717) is 17.5 Å². The van der Waals surface area contributed by atoms with Crippen LogP contribution in [0.15, 0.2) is 48.8 Å². The third-order valence-electron chi connectivity index (χ3n) is 4.71. The van der Waals surface area contributed by atoms with Gasteiger partial charge in [0.2, 0.25) is 0 Å². The van der Waals surface area contributed by atoms with Gasteiger partial charge in [-0.3, -0.25) is 15.4 Å². The van der Waals surface area contributed by atoms with Crippen LogP contribution in [0.25, 0.3) is 11.2 Å². The number of benzene rings is 1. The van der Waals surface area contributed by atoms with Gasteiger partial charge in [0.15, 0.2) is 5.65 Å². The summed E-state index contributed by atoms with van der Waals surface area (Å²) in [5.41, 5.74) is 2.90. The van der Waals surface area contributed by atoms with Gasteiger partial charge < -0.3 is 10.3 Å². The minimum absolute atomic E-state index is 0. The zero-order chi connectivity index (χ0) is 16.5. The molecule has 0 saturated heterocycles. The van der Waals surface area contributed by atoms with E-state index >= 15 is 0 Å². The summed E-state index contributed by atoms with van der Waals surface area (Å²) in [5.74, 6) is 0.644. The molecule has 24 heavy (non-hydrogen) atoms. The van der Waals surface area contributed by atoms with E-state index in [-0.39, 0.29) is 14.3 Å². The third kappa shape index (κ3) is 2.60. The van der Waals surface area contributed by atoms with Gasteiger partial charge in [0, 0.05) is 26.7 Å². The summed E-state index contributed by atoms with van der Waals surface area (Å²) in [6, 6.07) is 12.5. The van der Waals surface area contributed by atoms with Crippen LogP contribution in [0.4, 0.5) is 5.69 Å². The fourth-order valence-corrected chi connectivity index (χ4v) is 3.52. The number of para-hydroxylation sites is 1. The zero-order valence-corrected chi connectivity index (χ0v) is 13.3. The van der Waals surface area contributed by atoms with E-state index in [1.165, 1.54) is 6.20 Å². The van der Waals surface area contributed by atoms with Gasteiger partial charge in [0.1, 0.15) is 11.3 Å². The van der Waals surface area contributed by atoms with Crippen LogP contribution in [0.3, 0.4) is 0 Å². The van der Waals surface area contributed by atoms with Crippen molar-refractivity contribution in [2.45, 2.75) is 25.3 Å². The summed E-state index contributed by atoms with van der Waals surface area (Å²) < 4.78 is 1.70. The maximum atomic E-state index is 8.63. The van der Waals surface area contributed by atoms with Crippen molar-refractivity contribution in [1.29, 1.82) is 10.8 Å². The molecule has 0 bridgehead atoms. The molecule has 1 fully saturated rings. The van der Waals surface area contributed by atoms with E-state index in [1.807, 2.05) is 24.3 Å². The molecule has 4 N–H and O–H groups in total. The van der Waals surface area contributed by atoms with Gasteiger partial charge in [-0.15, -0.1) is 0 Å². The molecule has 126 valence electrons. The molecule has 0 spiro atoms. The fourth-order valence-electron chi connectivity index (χ4n) is 3.52. The van der Waals surface area contributed by atoms with Gasteiger partial charge in [-0.1, -0.05) is 18.2 Å². The second kappa shape index (κ2) is 5.96. The van der Waals surface area contributed by atoms with Crippen LogP contribution in [-0.4, -0.2) is 26.4 Å². The molecule has 4 rings (SSSR count). The molecule has 2 atom stereocenters. The molecule has 0 radical (unpaired) electrons. The standard InChI is InChI=1S/C18H20N6.2H2/c19-16-11-22-18-15(8-9-21-18)24(16)17(20)12-6-7-14(10-12)23-13-4-2-1-3-5-13;;/h1-5,8-9,11-12,14,19-21,23H,6-7,10H2;2*1H/t12-,14-;;/m1../s1. The Morgan fingerprint density at radius 3 is 2.92 bits per heavy atom. The van der Waals surface area contributed by atoms with Crippen molar-refractivity contribution in [3.63, 3.8) is 0 Å². The number of hydrogen-bond acceptors (Lipinski definition) is 4. The minimum Gasteiger partial charge on any atom is -0.382 e. The van der Waals surface area contributed by atoms with Crippen molar-refractivity contribution < 1.29 is 2.85 Å². The number of fused-ring (bicyclic) bond motifs is 1. The Balaban J connectivity index is 0.00000121. The van der Waals surface area contributed by atoms with Crippen LogP contribution in [0.2, 0.25) is 0 Å². The van der Waals surface area contributed by atoms with Crippen molar-refractivity contribution in [2.75, 3.05) is 5.32 Å². The van der Waals surface area contributed by atoms with Crippen molar-refractivity contribution in [1.82, 2.24) is 14.5 Å². The largest absolute Gasteiger partial charge is 0.382 e. The number of aromatic nitrogens is 3. The summed E-state index contributed by atoms with van der Waals surface area (Å²) in [5, 5.41) is 20.3. The molecular weight excluding hydrogens is 300 g/mol. The first kappa shape index (κ1) is 14.7. The first-order valence-electron chi connectivity index (χ1n) is 8.22. The molecule has 3 aromatic rings. The second-order valence-electron chi connectivity index (χ2n) is 6.29. The average molecular weight is 324 g/mol. The second-order valence-corrected chi connectivity index (χ2v) is 6.29.